The molecule has 2 N–H and O–H groups in total. The largest absolute Gasteiger partial charge is 0.337 e. The highest BCUT2D eigenvalue weighted by atomic mass is 32.2. The molecule has 168 valence electrons. The Balaban J connectivity index is 1.32. The van der Waals surface area contributed by atoms with Crippen molar-refractivity contribution in [3.8, 4) is 0 Å². The third kappa shape index (κ3) is 3.87. The number of hydrogen-bond acceptors (Lipinski definition) is 6. The summed E-state index contributed by atoms with van der Waals surface area (Å²) in [5.74, 6) is 0.608. The monoisotopic (exact) mass is 471 g/mol. The lowest BCUT2D eigenvalue weighted by Gasteiger charge is -2.44. The van der Waals surface area contributed by atoms with Gasteiger partial charge in [0, 0.05) is 10.6 Å². The Bertz CT molecular complexity index is 1010. The van der Waals surface area contributed by atoms with Crippen molar-refractivity contribution < 1.29 is 14.4 Å². The fourth-order valence-electron chi connectivity index (χ4n) is 4.44. The van der Waals surface area contributed by atoms with E-state index in [4.69, 9.17) is 0 Å². The molecule has 2 aromatic rings. The number of benzene rings is 1. The number of urea groups is 1. The first-order valence-electron chi connectivity index (χ1n) is 10.7. The maximum atomic E-state index is 13.3. The van der Waals surface area contributed by atoms with E-state index in [9.17, 15) is 14.4 Å². The zero-order valence-electron chi connectivity index (χ0n) is 17.7. The van der Waals surface area contributed by atoms with Gasteiger partial charge < -0.3 is 10.2 Å². The minimum atomic E-state index is -0.575. The van der Waals surface area contributed by atoms with Crippen LogP contribution in [0.5, 0.6) is 0 Å². The van der Waals surface area contributed by atoms with Crippen molar-refractivity contribution in [3.05, 3.63) is 52.2 Å². The Labute approximate surface area is 194 Å². The third-order valence-electron chi connectivity index (χ3n) is 6.08. The number of rotatable bonds is 6. The van der Waals surface area contributed by atoms with Gasteiger partial charge in [-0.1, -0.05) is 25.1 Å². The summed E-state index contributed by atoms with van der Waals surface area (Å²) in [6.07, 6.45) is 1.13. The highest BCUT2D eigenvalue weighted by Crippen LogP contribution is 2.40. The van der Waals surface area contributed by atoms with E-state index in [0.29, 0.717) is 12.2 Å². The number of thioether (sulfide) groups is 1. The number of amides is 4. The number of anilines is 1. The SMILES string of the molecule is CCc1ccc(NC(=O)CN2NC3N(Cc4cccs4)C(=O)C4SCCC4N3C2=O)cc1. The lowest BCUT2D eigenvalue weighted by molar-refractivity contribution is -0.145. The molecule has 3 atom stereocenters. The zero-order valence-corrected chi connectivity index (χ0v) is 19.3. The minimum Gasteiger partial charge on any atom is -0.324 e. The summed E-state index contributed by atoms with van der Waals surface area (Å²) in [7, 11) is 0. The van der Waals surface area contributed by atoms with Crippen molar-refractivity contribution in [1.82, 2.24) is 20.2 Å². The maximum absolute atomic E-state index is 13.3. The van der Waals surface area contributed by atoms with E-state index in [-0.39, 0.29) is 35.7 Å². The van der Waals surface area contributed by atoms with Crippen molar-refractivity contribution >= 4 is 46.6 Å². The standard InChI is InChI=1S/C22H25N5O3S2/c1-2-14-5-7-15(8-6-14)23-18(28)13-26-22(30)27-17-9-11-32-19(17)20(29)25(21(27)24-26)12-16-4-3-10-31-16/h3-8,10,17,19,21,24H,2,9,11-13H2,1H3,(H,23,28). The van der Waals surface area contributed by atoms with E-state index >= 15 is 0 Å². The second kappa shape index (κ2) is 8.76. The number of carbonyl (C=O) groups excluding carboxylic acids is 3. The van der Waals surface area contributed by atoms with Crippen LogP contribution in [0.3, 0.4) is 0 Å². The maximum Gasteiger partial charge on any atom is 0.337 e. The lowest BCUT2D eigenvalue weighted by atomic mass is 10.1. The quantitative estimate of drug-likeness (QED) is 0.677. The number of nitrogens with zero attached hydrogens (tertiary/aromatic N) is 3. The van der Waals surface area contributed by atoms with Crippen LogP contribution < -0.4 is 10.7 Å². The van der Waals surface area contributed by atoms with Crippen LogP contribution in [-0.2, 0) is 22.6 Å². The van der Waals surface area contributed by atoms with E-state index in [1.54, 1.807) is 32.9 Å². The molecule has 0 spiro atoms. The smallest absolute Gasteiger partial charge is 0.324 e. The molecule has 0 bridgehead atoms. The molecule has 3 fully saturated rings. The van der Waals surface area contributed by atoms with Crippen LogP contribution in [-0.4, -0.2) is 62.5 Å². The number of hydrogen-bond donors (Lipinski definition) is 2. The first-order chi connectivity index (χ1) is 15.5. The molecule has 3 aliphatic heterocycles. The normalized spacial score (nSPS) is 24.7. The fourth-order valence-corrected chi connectivity index (χ4v) is 6.54. The summed E-state index contributed by atoms with van der Waals surface area (Å²) < 4.78 is 0. The molecule has 10 heteroatoms. The van der Waals surface area contributed by atoms with Crippen LogP contribution >= 0.6 is 23.1 Å². The Morgan fingerprint density at radius 1 is 1.22 bits per heavy atom. The van der Waals surface area contributed by atoms with Crippen LogP contribution in [0.2, 0.25) is 0 Å². The Morgan fingerprint density at radius 2 is 2.03 bits per heavy atom. The molecule has 3 saturated heterocycles. The summed E-state index contributed by atoms with van der Waals surface area (Å²) in [4.78, 5) is 43.7. The van der Waals surface area contributed by atoms with Crippen LogP contribution in [0.1, 0.15) is 23.8 Å². The number of fused-ring (bicyclic) bond motifs is 3. The van der Waals surface area contributed by atoms with E-state index in [0.717, 1.165) is 23.5 Å². The molecule has 4 amide bonds. The molecule has 8 nitrogen and oxygen atoms in total. The highest BCUT2D eigenvalue weighted by molar-refractivity contribution is 8.00. The van der Waals surface area contributed by atoms with Gasteiger partial charge in [-0.15, -0.1) is 23.1 Å². The van der Waals surface area contributed by atoms with Crippen LogP contribution in [0, 0.1) is 0 Å². The zero-order chi connectivity index (χ0) is 22.2. The van der Waals surface area contributed by atoms with Crippen LogP contribution in [0.25, 0.3) is 0 Å². The molecule has 0 radical (unpaired) electrons. The molecule has 32 heavy (non-hydrogen) atoms. The number of thiophene rings is 1. The molecule has 4 heterocycles. The molecule has 5 rings (SSSR count). The summed E-state index contributed by atoms with van der Waals surface area (Å²) in [5.41, 5.74) is 5.02. The minimum absolute atomic E-state index is 0.0507. The lowest BCUT2D eigenvalue weighted by Crippen LogP contribution is -2.65. The molecule has 1 aromatic heterocycles. The predicted octanol–water partition coefficient (Wildman–Crippen LogP) is 2.69. The van der Waals surface area contributed by atoms with Gasteiger partial charge in [-0.05, 0) is 47.7 Å². The Hall–Kier alpha value is -2.56. The van der Waals surface area contributed by atoms with Crippen LogP contribution in [0.4, 0.5) is 10.5 Å². The molecular weight excluding hydrogens is 446 g/mol. The Morgan fingerprint density at radius 3 is 2.75 bits per heavy atom. The Kier molecular flexibility index (Phi) is 5.83. The van der Waals surface area contributed by atoms with Gasteiger partial charge in [0.2, 0.25) is 11.8 Å². The van der Waals surface area contributed by atoms with Gasteiger partial charge in [0.05, 0.1) is 12.6 Å². The third-order valence-corrected chi connectivity index (χ3v) is 8.29. The second-order valence-corrected chi connectivity index (χ2v) is 10.4. The second-order valence-electron chi connectivity index (χ2n) is 8.07. The van der Waals surface area contributed by atoms with Gasteiger partial charge in [-0.25, -0.2) is 9.80 Å². The first-order valence-corrected chi connectivity index (χ1v) is 12.7. The number of nitrogens with one attached hydrogen (secondary N) is 2. The van der Waals surface area contributed by atoms with Crippen molar-refractivity contribution in [3.63, 3.8) is 0 Å². The number of hydrazine groups is 1. The predicted molar refractivity (Wildman–Crippen MR) is 125 cm³/mol. The molecule has 3 unspecified atom stereocenters. The van der Waals surface area contributed by atoms with E-state index < -0.39 is 6.29 Å². The molecular formula is C22H25N5O3S2. The topological polar surface area (TPSA) is 85.0 Å². The molecule has 3 aliphatic rings. The molecule has 0 aliphatic carbocycles. The van der Waals surface area contributed by atoms with Crippen molar-refractivity contribution in [2.24, 2.45) is 0 Å². The van der Waals surface area contributed by atoms with Crippen LogP contribution in [0.15, 0.2) is 41.8 Å². The van der Waals surface area contributed by atoms with Crippen molar-refractivity contribution in [2.45, 2.75) is 43.9 Å². The van der Waals surface area contributed by atoms with Crippen molar-refractivity contribution in [2.75, 3.05) is 17.6 Å². The fraction of sp³-hybridized carbons (Fsp3) is 0.409. The van der Waals surface area contributed by atoms with Gasteiger partial charge >= 0.3 is 6.03 Å². The summed E-state index contributed by atoms with van der Waals surface area (Å²) in [6.45, 7) is 2.38. The van der Waals surface area contributed by atoms with Crippen molar-refractivity contribution in [1.29, 1.82) is 0 Å². The number of aryl methyl sites for hydroxylation is 1. The summed E-state index contributed by atoms with van der Waals surface area (Å²) in [6, 6.07) is 11.2. The molecule has 0 saturated carbocycles. The summed E-state index contributed by atoms with van der Waals surface area (Å²) >= 11 is 3.20. The average Bonchev–Trinajstić information content (AvgIpc) is 3.53. The van der Waals surface area contributed by atoms with Gasteiger partial charge in [0.25, 0.3) is 0 Å². The van der Waals surface area contributed by atoms with E-state index in [1.165, 1.54) is 10.6 Å². The first kappa shape index (κ1) is 21.3. The van der Waals surface area contributed by atoms with E-state index in [1.807, 2.05) is 41.8 Å². The highest BCUT2D eigenvalue weighted by Gasteiger charge is 2.56. The van der Waals surface area contributed by atoms with Gasteiger partial charge in [-0.2, -0.15) is 5.43 Å². The van der Waals surface area contributed by atoms with Gasteiger partial charge in [0.15, 0.2) is 6.29 Å². The van der Waals surface area contributed by atoms with Gasteiger partial charge in [-0.3, -0.25) is 14.5 Å². The average molecular weight is 472 g/mol. The summed E-state index contributed by atoms with van der Waals surface area (Å²) in [5, 5.41) is 5.91. The van der Waals surface area contributed by atoms with E-state index in [2.05, 4.69) is 17.7 Å². The van der Waals surface area contributed by atoms with Gasteiger partial charge in [0.1, 0.15) is 11.8 Å². The molecule has 1 aromatic carbocycles. The number of carbonyl (C=O) groups is 3.